The molecule has 0 nitrogen and oxygen atoms in total. The van der Waals surface area contributed by atoms with E-state index in [1.54, 1.807) is 0 Å². The van der Waals surface area contributed by atoms with Gasteiger partial charge in [-0.2, -0.15) is 24.3 Å². The molecule has 0 aliphatic carbocycles. The summed E-state index contributed by atoms with van der Waals surface area (Å²) in [5.41, 5.74) is 14.0. The van der Waals surface area contributed by atoms with Crippen LogP contribution in [0.25, 0.3) is 65.3 Å². The molecule has 0 N–H and O–H groups in total. The van der Waals surface area contributed by atoms with Crippen LogP contribution in [0.1, 0.15) is 101 Å². The third-order valence-corrected chi connectivity index (χ3v) is 12.4. The first-order valence-electron chi connectivity index (χ1n) is 25.5. The van der Waals surface area contributed by atoms with Crippen molar-refractivity contribution >= 4 is 55.5 Å². The van der Waals surface area contributed by atoms with Gasteiger partial charge in [-0.3, -0.25) is 0 Å². The van der Waals surface area contributed by atoms with Gasteiger partial charge in [-0.1, -0.05) is 163 Å². The largest absolute Gasteiger partial charge is 1.00 e. The Kier molecular flexibility index (Phi) is 27.6. The molecular formula is C66H76Cl2Si2Ti2-2. The van der Waals surface area contributed by atoms with Gasteiger partial charge < -0.3 is 24.8 Å². The average molecular weight is 1090 g/mol. The number of aryl methyl sites for hydroxylation is 4. The fourth-order valence-corrected chi connectivity index (χ4v) is 8.80. The van der Waals surface area contributed by atoms with Gasteiger partial charge in [0.25, 0.3) is 0 Å². The van der Waals surface area contributed by atoms with E-state index in [4.69, 9.17) is 0 Å². The van der Waals surface area contributed by atoms with Crippen molar-refractivity contribution in [3.63, 3.8) is 0 Å². The molecule has 0 saturated carbocycles. The monoisotopic (exact) mass is 1090 g/mol. The van der Waals surface area contributed by atoms with E-state index < -0.39 is 0 Å². The van der Waals surface area contributed by atoms with Gasteiger partial charge in [-0.25, -0.2) is 0 Å². The predicted octanol–water partition coefficient (Wildman–Crippen LogP) is 13.6. The van der Waals surface area contributed by atoms with Crippen LogP contribution in [0.4, 0.5) is 0 Å². The Labute approximate surface area is 471 Å². The van der Waals surface area contributed by atoms with E-state index in [9.17, 15) is 0 Å². The number of fused-ring (bicyclic) bond motifs is 4. The molecule has 0 fully saturated rings. The van der Waals surface area contributed by atoms with Crippen LogP contribution in [0.3, 0.4) is 0 Å². The van der Waals surface area contributed by atoms with Gasteiger partial charge in [0.15, 0.2) is 0 Å². The van der Waals surface area contributed by atoms with Crippen LogP contribution >= 0.6 is 0 Å². The molecule has 0 atom stereocenters. The SMILES string of the molecule is CCc1cc2c(-c3ccccc3)cccc2[cH-]1.CCc1cc2c(-c3ccccc3)cccc2[cH-]1.CCc1cc2c(C(C)C)cccc2[cH-]1.CCc1cc2c(C(C)C)cccc2[cH-]1.C[Si](C)=[Ti+2].C[Si](C)=[Ti+2].[Cl-].[Cl-]. The van der Waals surface area contributed by atoms with E-state index in [0.29, 0.717) is 11.8 Å². The van der Waals surface area contributed by atoms with Crippen molar-refractivity contribution in [2.45, 2.75) is 119 Å². The normalized spacial score (nSPS) is 10.4. The minimum atomic E-state index is 0. The van der Waals surface area contributed by atoms with E-state index in [1.807, 2.05) is 0 Å². The molecule has 10 rings (SSSR count). The maximum atomic E-state index is 2.34. The molecule has 0 aliphatic heterocycles. The Morgan fingerprint density at radius 2 is 0.611 bits per heavy atom. The van der Waals surface area contributed by atoms with E-state index >= 15 is 0 Å². The fraction of sp³-hybridized carbons (Fsp3) is 0.273. The van der Waals surface area contributed by atoms with Crippen molar-refractivity contribution in [3.8, 4) is 22.3 Å². The summed E-state index contributed by atoms with van der Waals surface area (Å²) in [6.45, 7) is 26.9. The molecule has 0 radical (unpaired) electrons. The molecule has 0 aromatic heterocycles. The smallest absolute Gasteiger partial charge is 1.00 e. The van der Waals surface area contributed by atoms with Gasteiger partial charge in [-0.05, 0) is 48.6 Å². The second-order valence-electron chi connectivity index (χ2n) is 19.2. The number of hydrogen-bond donors (Lipinski definition) is 0. The van der Waals surface area contributed by atoms with Crippen molar-refractivity contribution in [3.05, 3.63) is 215 Å². The molecule has 0 heterocycles. The maximum absolute atomic E-state index is 2.34. The molecular weight excluding hydrogens is 1020 g/mol. The molecule has 0 saturated heterocycles. The summed E-state index contributed by atoms with van der Waals surface area (Å²) in [6, 6.07) is 66.0. The van der Waals surface area contributed by atoms with Crippen LogP contribution in [0.15, 0.2) is 182 Å². The summed E-state index contributed by atoms with van der Waals surface area (Å²) in [5.74, 6) is 1.23. The summed E-state index contributed by atoms with van der Waals surface area (Å²) in [6.07, 6.45) is 4.70. The Morgan fingerprint density at radius 1 is 0.361 bits per heavy atom. The maximum Gasteiger partial charge on any atom is -1.00 e. The van der Waals surface area contributed by atoms with Crippen LogP contribution in [-0.2, 0) is 64.0 Å². The van der Waals surface area contributed by atoms with Crippen LogP contribution in [0, 0.1) is 0 Å². The van der Waals surface area contributed by atoms with Crippen LogP contribution in [0.5, 0.6) is 0 Å². The first kappa shape index (κ1) is 62.5. The van der Waals surface area contributed by atoms with Crippen molar-refractivity contribution in [1.82, 2.24) is 0 Å². The third kappa shape index (κ3) is 18.2. The van der Waals surface area contributed by atoms with Gasteiger partial charge in [-0.15, -0.1) is 138 Å². The minimum absolute atomic E-state index is 0. The Balaban J connectivity index is 0.000000240. The molecule has 0 amide bonds. The zero-order chi connectivity index (χ0) is 50.7. The van der Waals surface area contributed by atoms with Crippen LogP contribution in [0.2, 0.25) is 26.2 Å². The fourth-order valence-electron chi connectivity index (χ4n) is 8.80. The number of halogens is 2. The Bertz CT molecular complexity index is 2960. The van der Waals surface area contributed by atoms with E-state index in [1.165, 1.54) is 98.7 Å². The van der Waals surface area contributed by atoms with E-state index in [0.717, 1.165) is 25.7 Å². The summed E-state index contributed by atoms with van der Waals surface area (Å²) in [5, 5.41) is 11.1. The zero-order valence-corrected chi connectivity index (χ0v) is 51.7. The van der Waals surface area contributed by atoms with E-state index in [-0.39, 0.29) is 37.2 Å². The zero-order valence-electron chi connectivity index (χ0n) is 45.1. The standard InChI is InChI=1S/2C17H15.2C14H17.2C2H6Si.2ClH.2Ti/c2*1-2-13-11-15-9-6-10-16(17(15)12-13)14-7-4-3-5-8-14;2*1-4-11-8-12-6-5-7-13(10(2)3)14(12)9-11;2*1-3-2;;;;/h2*3-12H,2H2,1H3;2*5-10H,4H2,1-3H3;2*1-2H3;2*1H;;/q4*-1;;;;;2*+2/p-2. The van der Waals surface area contributed by atoms with Crippen molar-refractivity contribution in [2.24, 2.45) is 0 Å². The second-order valence-corrected chi connectivity index (χ2v) is 32.6. The quantitative estimate of drug-likeness (QED) is 0.105. The number of hydrogen-bond acceptors (Lipinski definition) is 0. The Morgan fingerprint density at radius 3 is 0.875 bits per heavy atom. The van der Waals surface area contributed by atoms with Crippen molar-refractivity contribution in [2.75, 3.05) is 0 Å². The molecule has 0 unspecified atom stereocenters. The number of benzene rings is 6. The second kappa shape index (κ2) is 31.8. The molecule has 0 aliphatic rings. The minimum Gasteiger partial charge on any atom is -1.00 e. The van der Waals surface area contributed by atoms with Gasteiger partial charge in [0.05, 0.1) is 0 Å². The van der Waals surface area contributed by atoms with Gasteiger partial charge >= 0.3 is 76.9 Å². The molecule has 72 heavy (non-hydrogen) atoms. The number of rotatable bonds is 8. The first-order valence-corrected chi connectivity index (χ1v) is 35.2. The van der Waals surface area contributed by atoms with Gasteiger partial charge in [0.2, 0.25) is 0 Å². The van der Waals surface area contributed by atoms with Gasteiger partial charge in [0.1, 0.15) is 0 Å². The first-order chi connectivity index (χ1) is 33.7. The average Bonchev–Trinajstić information content (AvgIpc) is 4.18. The topological polar surface area (TPSA) is 0 Å². The van der Waals surface area contributed by atoms with Crippen LogP contribution in [-0.4, -0.2) is 12.4 Å². The predicted molar refractivity (Wildman–Crippen MR) is 310 cm³/mol. The molecule has 10 aromatic carbocycles. The van der Waals surface area contributed by atoms with Crippen molar-refractivity contribution < 1.29 is 63.2 Å². The molecule has 372 valence electrons. The molecule has 0 spiro atoms. The summed E-state index contributed by atoms with van der Waals surface area (Å²) in [4.78, 5) is 0. The molecule has 0 bridgehead atoms. The Hall–Kier alpha value is -3.80. The summed E-state index contributed by atoms with van der Waals surface area (Å²) < 4.78 is 0. The summed E-state index contributed by atoms with van der Waals surface area (Å²) in [7, 11) is 0. The third-order valence-electron chi connectivity index (χ3n) is 12.4. The van der Waals surface area contributed by atoms with Crippen LogP contribution < -0.4 is 24.8 Å². The summed E-state index contributed by atoms with van der Waals surface area (Å²) >= 11 is 4.54. The molecule has 6 heteroatoms. The van der Waals surface area contributed by atoms with E-state index in [2.05, 4.69) is 302 Å². The molecule has 10 aromatic rings. The van der Waals surface area contributed by atoms with Crippen molar-refractivity contribution in [1.29, 1.82) is 0 Å². The van der Waals surface area contributed by atoms with Gasteiger partial charge in [0, 0.05) is 0 Å².